The van der Waals surface area contributed by atoms with Gasteiger partial charge in [-0.2, -0.15) is 5.26 Å². The molecule has 5 nitrogen and oxygen atoms in total. The summed E-state index contributed by atoms with van der Waals surface area (Å²) in [5.74, 6) is 0.639. The zero-order chi connectivity index (χ0) is 16.5. The van der Waals surface area contributed by atoms with E-state index in [2.05, 4.69) is 0 Å². The van der Waals surface area contributed by atoms with Crippen molar-refractivity contribution in [1.29, 1.82) is 5.26 Å². The van der Waals surface area contributed by atoms with Crippen molar-refractivity contribution >= 4 is 11.8 Å². The summed E-state index contributed by atoms with van der Waals surface area (Å²) in [7, 11) is 1.56. The summed E-state index contributed by atoms with van der Waals surface area (Å²) >= 11 is 0. The van der Waals surface area contributed by atoms with Crippen molar-refractivity contribution in [3.63, 3.8) is 0 Å². The molecule has 0 aliphatic heterocycles. The van der Waals surface area contributed by atoms with E-state index in [-0.39, 0.29) is 19.6 Å². The Kier molecular flexibility index (Phi) is 6.01. The van der Waals surface area contributed by atoms with Crippen LogP contribution in [0.25, 0.3) is 0 Å². The number of methoxy groups -OCH3 is 1. The van der Waals surface area contributed by atoms with Gasteiger partial charge in [-0.3, -0.25) is 4.90 Å². The zero-order valence-electron chi connectivity index (χ0n) is 12.9. The van der Waals surface area contributed by atoms with E-state index >= 15 is 0 Å². The van der Waals surface area contributed by atoms with E-state index in [1.165, 1.54) is 4.90 Å². The molecule has 2 aromatic carbocycles. The second kappa shape index (κ2) is 8.44. The predicted molar refractivity (Wildman–Crippen MR) is 87.2 cm³/mol. The van der Waals surface area contributed by atoms with E-state index in [1.807, 2.05) is 36.4 Å². The summed E-state index contributed by atoms with van der Waals surface area (Å²) in [4.78, 5) is 13.8. The number of nitriles is 1. The van der Waals surface area contributed by atoms with E-state index in [4.69, 9.17) is 14.7 Å². The molecular formula is C18H18N2O3. The molecule has 0 fully saturated rings. The summed E-state index contributed by atoms with van der Waals surface area (Å²) < 4.78 is 10.5. The fourth-order valence-corrected chi connectivity index (χ4v) is 2.06. The second-order valence-electron chi connectivity index (χ2n) is 4.80. The molecule has 0 aliphatic carbocycles. The minimum absolute atomic E-state index is 0.187. The normalized spacial score (nSPS) is 9.74. The molecule has 1 amide bonds. The first-order valence-corrected chi connectivity index (χ1v) is 7.24. The largest absolute Gasteiger partial charge is 0.497 e. The Hall–Kier alpha value is -3.00. The first-order valence-electron chi connectivity index (χ1n) is 7.24. The van der Waals surface area contributed by atoms with Gasteiger partial charge in [0.15, 0.2) is 0 Å². The molecule has 0 N–H and O–H groups in total. The monoisotopic (exact) mass is 310 g/mol. The molecule has 2 rings (SSSR count). The molecule has 0 aromatic heterocycles. The highest BCUT2D eigenvalue weighted by atomic mass is 16.6. The molecule has 2 aromatic rings. The van der Waals surface area contributed by atoms with E-state index in [0.29, 0.717) is 11.4 Å². The van der Waals surface area contributed by atoms with Crippen LogP contribution in [0.1, 0.15) is 12.0 Å². The van der Waals surface area contributed by atoms with Crippen LogP contribution in [0, 0.1) is 11.3 Å². The smallest absolute Gasteiger partial charge is 0.414 e. The van der Waals surface area contributed by atoms with Gasteiger partial charge >= 0.3 is 6.09 Å². The Balaban J connectivity index is 2.10. The average molecular weight is 310 g/mol. The molecule has 118 valence electrons. The highest BCUT2D eigenvalue weighted by molar-refractivity contribution is 5.87. The third-order valence-electron chi connectivity index (χ3n) is 3.24. The third kappa shape index (κ3) is 4.75. The fraction of sp³-hybridized carbons (Fsp3) is 0.222. The number of carbonyl (C=O) groups is 1. The summed E-state index contributed by atoms with van der Waals surface area (Å²) in [6.07, 6.45) is -0.269. The maximum absolute atomic E-state index is 12.4. The maximum Gasteiger partial charge on any atom is 0.414 e. The molecule has 0 spiro atoms. The van der Waals surface area contributed by atoms with Crippen molar-refractivity contribution < 1.29 is 14.3 Å². The van der Waals surface area contributed by atoms with E-state index < -0.39 is 6.09 Å². The number of hydrogen-bond acceptors (Lipinski definition) is 4. The van der Waals surface area contributed by atoms with Crippen LogP contribution in [0.15, 0.2) is 54.6 Å². The maximum atomic E-state index is 12.4. The third-order valence-corrected chi connectivity index (χ3v) is 3.24. The van der Waals surface area contributed by atoms with Gasteiger partial charge < -0.3 is 9.47 Å². The lowest BCUT2D eigenvalue weighted by molar-refractivity contribution is 0.147. The molecule has 0 saturated carbocycles. The Bertz CT molecular complexity index is 680. The van der Waals surface area contributed by atoms with Crippen molar-refractivity contribution in [3.8, 4) is 11.8 Å². The summed E-state index contributed by atoms with van der Waals surface area (Å²) in [6, 6.07) is 18.6. The van der Waals surface area contributed by atoms with Gasteiger partial charge in [-0.15, -0.1) is 0 Å². The fourth-order valence-electron chi connectivity index (χ4n) is 2.06. The lowest BCUT2D eigenvalue weighted by atomic mass is 10.2. The number of ether oxygens (including phenoxy) is 2. The summed E-state index contributed by atoms with van der Waals surface area (Å²) in [6.45, 7) is 0.448. The van der Waals surface area contributed by atoms with Crippen molar-refractivity contribution in [2.45, 2.75) is 13.0 Å². The van der Waals surface area contributed by atoms with Gasteiger partial charge in [0.25, 0.3) is 0 Å². The van der Waals surface area contributed by atoms with Crippen LogP contribution in [-0.2, 0) is 11.3 Å². The number of anilines is 1. The molecular weight excluding hydrogens is 292 g/mol. The van der Waals surface area contributed by atoms with Gasteiger partial charge in [0, 0.05) is 12.6 Å². The molecule has 0 unspecified atom stereocenters. The molecule has 23 heavy (non-hydrogen) atoms. The molecule has 0 heterocycles. The predicted octanol–water partition coefficient (Wildman–Crippen LogP) is 3.75. The number of carbonyl (C=O) groups excluding carboxylic acids is 1. The van der Waals surface area contributed by atoms with Crippen LogP contribution < -0.4 is 9.64 Å². The highest BCUT2D eigenvalue weighted by Crippen LogP contribution is 2.22. The van der Waals surface area contributed by atoms with Crippen molar-refractivity contribution in [3.05, 3.63) is 60.2 Å². The number of hydrogen-bond donors (Lipinski definition) is 0. The summed E-state index contributed by atoms with van der Waals surface area (Å²) in [5, 5.41) is 8.80. The SMILES string of the molecule is COc1cccc(N(CCC#N)C(=O)OCc2ccccc2)c1. The van der Waals surface area contributed by atoms with Crippen molar-refractivity contribution in [2.75, 3.05) is 18.6 Å². The molecule has 5 heteroatoms. The van der Waals surface area contributed by atoms with Crippen LogP contribution >= 0.6 is 0 Å². The lowest BCUT2D eigenvalue weighted by Crippen LogP contribution is -2.32. The van der Waals surface area contributed by atoms with Crippen LogP contribution in [0.4, 0.5) is 10.5 Å². The lowest BCUT2D eigenvalue weighted by Gasteiger charge is -2.21. The molecule has 0 saturated heterocycles. The summed E-state index contributed by atoms with van der Waals surface area (Å²) in [5.41, 5.74) is 1.55. The Morgan fingerprint density at radius 3 is 2.65 bits per heavy atom. The molecule has 0 atom stereocenters. The van der Waals surface area contributed by atoms with E-state index in [1.54, 1.807) is 31.4 Å². The zero-order valence-corrected chi connectivity index (χ0v) is 12.9. The number of rotatable bonds is 6. The second-order valence-corrected chi connectivity index (χ2v) is 4.80. The minimum Gasteiger partial charge on any atom is -0.497 e. The Morgan fingerprint density at radius 1 is 1.17 bits per heavy atom. The molecule has 0 radical (unpaired) electrons. The van der Waals surface area contributed by atoms with Gasteiger partial charge in [-0.1, -0.05) is 36.4 Å². The van der Waals surface area contributed by atoms with E-state index in [0.717, 1.165) is 5.56 Å². The standard InChI is InChI=1S/C18H18N2O3/c1-22-17-10-5-9-16(13-17)20(12-6-11-19)18(21)23-14-15-7-3-2-4-8-15/h2-5,7-10,13H,6,12,14H2,1H3. The number of amides is 1. The van der Waals surface area contributed by atoms with Crippen LogP contribution in [0.3, 0.4) is 0 Å². The topological polar surface area (TPSA) is 62.6 Å². The molecule has 0 aliphatic rings. The van der Waals surface area contributed by atoms with Crippen LogP contribution in [0.5, 0.6) is 5.75 Å². The van der Waals surface area contributed by atoms with Gasteiger partial charge in [-0.25, -0.2) is 4.79 Å². The van der Waals surface area contributed by atoms with Gasteiger partial charge in [-0.05, 0) is 17.7 Å². The minimum atomic E-state index is -0.489. The first-order chi connectivity index (χ1) is 11.2. The highest BCUT2D eigenvalue weighted by Gasteiger charge is 2.17. The average Bonchev–Trinajstić information content (AvgIpc) is 2.61. The van der Waals surface area contributed by atoms with Crippen LogP contribution in [0.2, 0.25) is 0 Å². The Labute approximate surface area is 135 Å². The van der Waals surface area contributed by atoms with Crippen LogP contribution in [-0.4, -0.2) is 19.7 Å². The van der Waals surface area contributed by atoms with Gasteiger partial charge in [0.1, 0.15) is 12.4 Å². The van der Waals surface area contributed by atoms with Crippen molar-refractivity contribution in [1.82, 2.24) is 0 Å². The number of benzene rings is 2. The quantitative estimate of drug-likeness (QED) is 0.815. The first kappa shape index (κ1) is 16.4. The number of nitrogens with zero attached hydrogens (tertiary/aromatic N) is 2. The van der Waals surface area contributed by atoms with Gasteiger partial charge in [0.05, 0.1) is 25.3 Å². The van der Waals surface area contributed by atoms with E-state index in [9.17, 15) is 4.79 Å². The van der Waals surface area contributed by atoms with Gasteiger partial charge in [0.2, 0.25) is 0 Å². The Morgan fingerprint density at radius 2 is 1.96 bits per heavy atom. The molecule has 0 bridgehead atoms. The van der Waals surface area contributed by atoms with Crippen molar-refractivity contribution in [2.24, 2.45) is 0 Å².